The second-order valence-corrected chi connectivity index (χ2v) is 8.52. The van der Waals surface area contributed by atoms with Gasteiger partial charge < -0.3 is 18.6 Å². The highest BCUT2D eigenvalue weighted by Gasteiger charge is 2.28. The van der Waals surface area contributed by atoms with E-state index in [1.165, 1.54) is 49.5 Å². The standard InChI is InChI=1S/C23H28N4O3/c1-15-16(2)27(18-5-3-4-6-18)21-20(15)22(25-14-24-21)30-19-7-10-26(11-8-19)23(28)17-9-12-29-13-17/h9,12-14,18-19H,3-8,10-11H2,1-2H3. The Hall–Kier alpha value is -2.83. The first kappa shape index (κ1) is 19.2. The predicted molar refractivity (Wildman–Crippen MR) is 113 cm³/mol. The summed E-state index contributed by atoms with van der Waals surface area (Å²) in [4.78, 5) is 23.5. The van der Waals surface area contributed by atoms with Crippen LogP contribution in [0, 0.1) is 13.8 Å². The molecule has 0 spiro atoms. The Morgan fingerprint density at radius 2 is 1.90 bits per heavy atom. The van der Waals surface area contributed by atoms with Crippen LogP contribution in [0.2, 0.25) is 0 Å². The Balaban J connectivity index is 1.34. The molecule has 0 radical (unpaired) electrons. The lowest BCUT2D eigenvalue weighted by Crippen LogP contribution is -2.41. The number of aromatic nitrogens is 3. The summed E-state index contributed by atoms with van der Waals surface area (Å²) in [5, 5.41) is 1.04. The van der Waals surface area contributed by atoms with Gasteiger partial charge in [0.05, 0.1) is 17.2 Å². The van der Waals surface area contributed by atoms with Crippen LogP contribution >= 0.6 is 0 Å². The summed E-state index contributed by atoms with van der Waals surface area (Å²) in [6.45, 7) is 5.67. The third-order valence-electron chi connectivity index (χ3n) is 6.77. The molecule has 1 aliphatic heterocycles. The number of nitrogens with zero attached hydrogens (tertiary/aromatic N) is 4. The van der Waals surface area contributed by atoms with Gasteiger partial charge in [-0.1, -0.05) is 12.8 Å². The van der Waals surface area contributed by atoms with Gasteiger partial charge in [-0.25, -0.2) is 9.97 Å². The Kier molecular flexibility index (Phi) is 4.97. The number of hydrogen-bond donors (Lipinski definition) is 0. The molecule has 7 heteroatoms. The number of fused-ring (bicyclic) bond motifs is 1. The third-order valence-corrected chi connectivity index (χ3v) is 6.77. The van der Waals surface area contributed by atoms with Crippen LogP contribution in [-0.2, 0) is 0 Å². The van der Waals surface area contributed by atoms with E-state index in [0.717, 1.165) is 23.9 Å². The van der Waals surface area contributed by atoms with E-state index in [1.54, 1.807) is 12.4 Å². The van der Waals surface area contributed by atoms with E-state index in [-0.39, 0.29) is 12.0 Å². The van der Waals surface area contributed by atoms with Gasteiger partial charge in [0.25, 0.3) is 5.91 Å². The number of carbonyl (C=O) groups excluding carboxylic acids is 1. The molecule has 2 fully saturated rings. The first-order chi connectivity index (χ1) is 14.6. The van der Waals surface area contributed by atoms with Gasteiger partial charge in [0.1, 0.15) is 24.3 Å². The average molecular weight is 409 g/mol. The normalized spacial score (nSPS) is 18.4. The average Bonchev–Trinajstić information content (AvgIpc) is 3.51. The molecule has 5 rings (SSSR count). The molecule has 3 aromatic rings. The monoisotopic (exact) mass is 408 g/mol. The van der Waals surface area contributed by atoms with Gasteiger partial charge in [0, 0.05) is 37.7 Å². The maximum Gasteiger partial charge on any atom is 0.257 e. The second kappa shape index (κ2) is 7.78. The smallest absolute Gasteiger partial charge is 0.257 e. The number of amides is 1. The molecule has 1 amide bonds. The number of ether oxygens (including phenoxy) is 1. The molecule has 158 valence electrons. The van der Waals surface area contributed by atoms with Crippen molar-refractivity contribution in [3.05, 3.63) is 41.7 Å². The molecule has 0 unspecified atom stereocenters. The van der Waals surface area contributed by atoms with Crippen LogP contribution in [0.5, 0.6) is 5.88 Å². The van der Waals surface area contributed by atoms with Crippen molar-refractivity contribution >= 4 is 16.9 Å². The molecule has 0 aromatic carbocycles. The fourth-order valence-corrected chi connectivity index (χ4v) is 4.99. The number of rotatable bonds is 4. The molecule has 7 nitrogen and oxygen atoms in total. The number of carbonyl (C=O) groups is 1. The minimum atomic E-state index is 0.0201. The van der Waals surface area contributed by atoms with E-state index >= 15 is 0 Å². The van der Waals surface area contributed by atoms with Crippen LogP contribution < -0.4 is 4.74 Å². The zero-order valence-corrected chi connectivity index (χ0v) is 17.6. The number of piperidine rings is 1. The van der Waals surface area contributed by atoms with Crippen molar-refractivity contribution in [1.82, 2.24) is 19.4 Å². The van der Waals surface area contributed by atoms with Gasteiger partial charge in [0.2, 0.25) is 5.88 Å². The summed E-state index contributed by atoms with van der Waals surface area (Å²) >= 11 is 0. The first-order valence-corrected chi connectivity index (χ1v) is 10.9. The van der Waals surface area contributed by atoms with E-state index in [4.69, 9.17) is 9.15 Å². The summed E-state index contributed by atoms with van der Waals surface area (Å²) < 4.78 is 13.8. The van der Waals surface area contributed by atoms with E-state index in [1.807, 2.05) is 4.90 Å². The minimum Gasteiger partial charge on any atom is -0.474 e. The lowest BCUT2D eigenvalue weighted by atomic mass is 10.1. The van der Waals surface area contributed by atoms with E-state index in [9.17, 15) is 4.79 Å². The summed E-state index contributed by atoms with van der Waals surface area (Å²) in [7, 11) is 0. The summed E-state index contributed by atoms with van der Waals surface area (Å²) in [6.07, 6.45) is 11.3. The molecule has 4 heterocycles. The van der Waals surface area contributed by atoms with E-state index in [2.05, 4.69) is 28.4 Å². The topological polar surface area (TPSA) is 73.4 Å². The van der Waals surface area contributed by atoms with Gasteiger partial charge in [0.15, 0.2) is 0 Å². The SMILES string of the molecule is Cc1c(C)n(C2CCCC2)c2ncnc(OC3CCN(C(=O)c4ccoc4)CC3)c12. The number of furan rings is 1. The minimum absolute atomic E-state index is 0.0201. The van der Waals surface area contributed by atoms with Crippen LogP contribution in [-0.4, -0.2) is 44.5 Å². The highest BCUT2D eigenvalue weighted by atomic mass is 16.5. The Morgan fingerprint density at radius 1 is 1.13 bits per heavy atom. The molecular weight excluding hydrogens is 380 g/mol. The molecule has 1 aliphatic carbocycles. The maximum absolute atomic E-state index is 12.5. The van der Waals surface area contributed by atoms with E-state index < -0.39 is 0 Å². The van der Waals surface area contributed by atoms with Gasteiger partial charge in [-0.05, 0) is 38.3 Å². The summed E-state index contributed by atoms with van der Waals surface area (Å²) in [5.74, 6) is 0.698. The lowest BCUT2D eigenvalue weighted by molar-refractivity contribution is 0.0590. The number of hydrogen-bond acceptors (Lipinski definition) is 5. The molecule has 3 aromatic heterocycles. The highest BCUT2D eigenvalue weighted by Crippen LogP contribution is 2.38. The van der Waals surface area contributed by atoms with Gasteiger partial charge in [-0.2, -0.15) is 0 Å². The van der Waals surface area contributed by atoms with Crippen LogP contribution in [0.4, 0.5) is 0 Å². The lowest BCUT2D eigenvalue weighted by Gasteiger charge is -2.31. The molecule has 1 saturated heterocycles. The predicted octanol–water partition coefficient (Wildman–Crippen LogP) is 4.44. The van der Waals surface area contributed by atoms with E-state index in [0.29, 0.717) is 30.6 Å². The van der Waals surface area contributed by atoms with Crippen molar-refractivity contribution < 1.29 is 13.9 Å². The fourth-order valence-electron chi connectivity index (χ4n) is 4.99. The zero-order valence-electron chi connectivity index (χ0n) is 17.6. The second-order valence-electron chi connectivity index (χ2n) is 8.52. The van der Waals surface area contributed by atoms with Crippen LogP contribution in [0.3, 0.4) is 0 Å². The number of likely N-dealkylation sites (tertiary alicyclic amines) is 1. The maximum atomic E-state index is 12.5. The molecular formula is C23H28N4O3. The van der Waals surface area contributed by atoms with Crippen LogP contribution in [0.25, 0.3) is 11.0 Å². The molecule has 30 heavy (non-hydrogen) atoms. The van der Waals surface area contributed by atoms with Crippen molar-refractivity contribution in [2.45, 2.75) is 64.5 Å². The van der Waals surface area contributed by atoms with Gasteiger partial charge in [-0.15, -0.1) is 0 Å². The first-order valence-electron chi connectivity index (χ1n) is 10.9. The van der Waals surface area contributed by atoms with Gasteiger partial charge in [-0.3, -0.25) is 4.79 Å². The summed E-state index contributed by atoms with van der Waals surface area (Å²) in [5.41, 5.74) is 4.07. The largest absolute Gasteiger partial charge is 0.474 e. The molecule has 1 saturated carbocycles. The van der Waals surface area contributed by atoms with Crippen molar-refractivity contribution in [3.63, 3.8) is 0 Å². The molecule has 0 bridgehead atoms. The molecule has 0 N–H and O–H groups in total. The van der Waals surface area contributed by atoms with Crippen LogP contribution in [0.1, 0.15) is 66.2 Å². The Bertz CT molecular complexity index is 1040. The third kappa shape index (κ3) is 3.26. The van der Waals surface area contributed by atoms with Gasteiger partial charge >= 0.3 is 0 Å². The molecule has 2 aliphatic rings. The number of aryl methyl sites for hydroxylation is 1. The van der Waals surface area contributed by atoms with Crippen molar-refractivity contribution in [2.24, 2.45) is 0 Å². The van der Waals surface area contributed by atoms with Crippen molar-refractivity contribution in [1.29, 1.82) is 0 Å². The summed E-state index contributed by atoms with van der Waals surface area (Å²) in [6, 6.07) is 2.24. The van der Waals surface area contributed by atoms with Crippen molar-refractivity contribution in [2.75, 3.05) is 13.1 Å². The zero-order chi connectivity index (χ0) is 20.7. The highest BCUT2D eigenvalue weighted by molar-refractivity contribution is 5.93. The Morgan fingerprint density at radius 3 is 2.60 bits per heavy atom. The quantitative estimate of drug-likeness (QED) is 0.638. The Labute approximate surface area is 176 Å². The fraction of sp³-hybridized carbons (Fsp3) is 0.522. The molecule has 0 atom stereocenters. The van der Waals surface area contributed by atoms with Crippen molar-refractivity contribution in [3.8, 4) is 5.88 Å². The van der Waals surface area contributed by atoms with Crippen LogP contribution in [0.15, 0.2) is 29.3 Å².